The van der Waals surface area contributed by atoms with Crippen LogP contribution in [0.5, 0.6) is 5.75 Å². The maximum atomic E-state index is 6.10. The van der Waals surface area contributed by atoms with Crippen molar-refractivity contribution in [2.75, 3.05) is 32.6 Å². The predicted octanol–water partition coefficient (Wildman–Crippen LogP) is 2.97. The van der Waals surface area contributed by atoms with Crippen LogP contribution < -0.4 is 15.0 Å². The molecular formula is C19H29ClN3OS+. The fourth-order valence-electron chi connectivity index (χ4n) is 4.22. The molecule has 1 unspecified atom stereocenters. The topological polar surface area (TPSA) is 28.9 Å². The molecule has 25 heavy (non-hydrogen) atoms. The average Bonchev–Trinajstić information content (AvgIpc) is 3.16. The smallest absolute Gasteiger partial charge is 0.173 e. The second kappa shape index (κ2) is 8.56. The first-order valence-corrected chi connectivity index (χ1v) is 10.1. The van der Waals surface area contributed by atoms with Crippen LogP contribution in [0.4, 0.5) is 5.69 Å². The molecule has 0 aromatic heterocycles. The molecule has 4 nitrogen and oxygen atoms in total. The van der Waals surface area contributed by atoms with Crippen LogP contribution in [0.2, 0.25) is 5.02 Å². The van der Waals surface area contributed by atoms with Crippen molar-refractivity contribution < 1.29 is 9.64 Å². The van der Waals surface area contributed by atoms with Gasteiger partial charge in [0.1, 0.15) is 5.75 Å². The highest BCUT2D eigenvalue weighted by Gasteiger charge is 2.32. The molecule has 1 aliphatic carbocycles. The fraction of sp³-hybridized carbons (Fsp3) is 0.632. The Labute approximate surface area is 161 Å². The summed E-state index contributed by atoms with van der Waals surface area (Å²) in [5.41, 5.74) is 0.829. The molecule has 0 spiro atoms. The minimum Gasteiger partial charge on any atom is -0.495 e. The minimum absolute atomic E-state index is 0.673. The Morgan fingerprint density at radius 2 is 1.84 bits per heavy atom. The molecule has 0 radical (unpaired) electrons. The van der Waals surface area contributed by atoms with Crippen molar-refractivity contribution in [1.82, 2.24) is 4.90 Å². The highest BCUT2D eigenvalue weighted by atomic mass is 35.5. The van der Waals surface area contributed by atoms with E-state index in [1.54, 1.807) is 12.0 Å². The minimum atomic E-state index is 0.673. The van der Waals surface area contributed by atoms with E-state index in [0.717, 1.165) is 41.7 Å². The molecule has 1 aromatic carbocycles. The molecule has 138 valence electrons. The van der Waals surface area contributed by atoms with Gasteiger partial charge in [0.05, 0.1) is 31.9 Å². The molecule has 2 fully saturated rings. The summed E-state index contributed by atoms with van der Waals surface area (Å²) in [6, 6.07) is 7.18. The molecule has 6 heteroatoms. The summed E-state index contributed by atoms with van der Waals surface area (Å²) >= 11 is 11.7. The van der Waals surface area contributed by atoms with Gasteiger partial charge in [-0.1, -0.05) is 11.6 Å². The molecule has 1 aliphatic heterocycles. The summed E-state index contributed by atoms with van der Waals surface area (Å²) in [5.74, 6) is 0.757. The van der Waals surface area contributed by atoms with Gasteiger partial charge in [0.15, 0.2) is 5.11 Å². The van der Waals surface area contributed by atoms with Gasteiger partial charge in [-0.25, -0.2) is 0 Å². The van der Waals surface area contributed by atoms with Crippen LogP contribution in [0.15, 0.2) is 18.2 Å². The van der Waals surface area contributed by atoms with E-state index in [1.165, 1.54) is 38.5 Å². The number of quaternary nitrogens is 1. The quantitative estimate of drug-likeness (QED) is 0.783. The Kier molecular flexibility index (Phi) is 6.42. The Morgan fingerprint density at radius 3 is 2.48 bits per heavy atom. The molecule has 3 rings (SSSR count). The molecule has 2 N–H and O–H groups in total. The lowest BCUT2D eigenvalue weighted by Gasteiger charge is -2.38. The van der Waals surface area contributed by atoms with E-state index in [4.69, 9.17) is 28.6 Å². The van der Waals surface area contributed by atoms with E-state index in [2.05, 4.69) is 17.3 Å². The van der Waals surface area contributed by atoms with Crippen molar-refractivity contribution in [2.45, 2.75) is 50.6 Å². The lowest BCUT2D eigenvalue weighted by molar-refractivity contribution is -0.931. The summed E-state index contributed by atoms with van der Waals surface area (Å²) in [5, 5.41) is 4.75. The van der Waals surface area contributed by atoms with Crippen LogP contribution in [-0.4, -0.2) is 49.3 Å². The summed E-state index contributed by atoms with van der Waals surface area (Å²) in [6.45, 7) is 2.03. The number of hydrogen-bond acceptors (Lipinski definition) is 2. The first-order valence-electron chi connectivity index (χ1n) is 9.31. The maximum absolute atomic E-state index is 6.10. The van der Waals surface area contributed by atoms with E-state index in [9.17, 15) is 0 Å². The van der Waals surface area contributed by atoms with Crippen molar-refractivity contribution in [2.24, 2.45) is 0 Å². The van der Waals surface area contributed by atoms with E-state index < -0.39 is 0 Å². The normalized spacial score (nSPS) is 20.5. The van der Waals surface area contributed by atoms with Gasteiger partial charge in [-0.2, -0.15) is 0 Å². The molecular weight excluding hydrogens is 354 g/mol. The van der Waals surface area contributed by atoms with Crippen LogP contribution in [0.25, 0.3) is 0 Å². The van der Waals surface area contributed by atoms with Gasteiger partial charge in [-0.05, 0) is 56.1 Å². The number of piperidine rings is 1. The monoisotopic (exact) mass is 382 g/mol. The number of methoxy groups -OCH3 is 1. The predicted molar refractivity (Wildman–Crippen MR) is 108 cm³/mol. The van der Waals surface area contributed by atoms with Crippen molar-refractivity contribution in [3.8, 4) is 5.75 Å². The van der Waals surface area contributed by atoms with Crippen LogP contribution in [0.3, 0.4) is 0 Å². The number of likely N-dealkylation sites (tertiary alicyclic amines) is 1. The summed E-state index contributed by atoms with van der Waals surface area (Å²) in [4.78, 5) is 4.02. The number of benzene rings is 1. The summed E-state index contributed by atoms with van der Waals surface area (Å²) in [7, 11) is 4.05. The first-order chi connectivity index (χ1) is 12.1. The Balaban J connectivity index is 1.54. The van der Waals surface area contributed by atoms with E-state index in [0.29, 0.717) is 5.02 Å². The van der Waals surface area contributed by atoms with Gasteiger partial charge in [0, 0.05) is 31.0 Å². The zero-order valence-electron chi connectivity index (χ0n) is 15.2. The fourth-order valence-corrected chi connectivity index (χ4v) is 4.69. The number of thiocarbonyl (C=S) groups is 1. The molecule has 0 bridgehead atoms. The van der Waals surface area contributed by atoms with Gasteiger partial charge >= 0.3 is 0 Å². The lowest BCUT2D eigenvalue weighted by Crippen LogP contribution is -3.16. The number of hydrogen-bond donors (Lipinski definition) is 2. The van der Waals surface area contributed by atoms with Gasteiger partial charge in [-0.15, -0.1) is 0 Å². The van der Waals surface area contributed by atoms with Crippen molar-refractivity contribution in [1.29, 1.82) is 0 Å². The van der Waals surface area contributed by atoms with Crippen molar-refractivity contribution in [3.05, 3.63) is 23.2 Å². The Morgan fingerprint density at radius 1 is 1.20 bits per heavy atom. The highest BCUT2D eigenvalue weighted by molar-refractivity contribution is 7.80. The number of anilines is 1. The van der Waals surface area contributed by atoms with E-state index in [1.807, 2.05) is 18.2 Å². The van der Waals surface area contributed by atoms with Crippen LogP contribution in [0, 0.1) is 0 Å². The number of nitrogens with one attached hydrogen (secondary N) is 2. The number of halogens is 1. The van der Waals surface area contributed by atoms with E-state index in [-0.39, 0.29) is 0 Å². The zero-order valence-corrected chi connectivity index (χ0v) is 16.8. The third-order valence-electron chi connectivity index (χ3n) is 5.83. The largest absolute Gasteiger partial charge is 0.495 e. The number of rotatable bonds is 4. The average molecular weight is 383 g/mol. The van der Waals surface area contributed by atoms with Crippen molar-refractivity contribution in [3.63, 3.8) is 0 Å². The Bertz CT molecular complexity index is 598. The standard InChI is InChI=1S/C19H28ClN3OS/c1-22(15-5-3-4-6-15)16-9-11-23(12-10-16)19(25)21-17-13-14(20)7-8-18(17)24-2/h7-8,13,15-16H,3-6,9-12H2,1-2H3,(H,21,25)/p+1. The Hall–Kier alpha value is -1.04. The summed E-state index contributed by atoms with van der Waals surface area (Å²) in [6.07, 6.45) is 8.04. The highest BCUT2D eigenvalue weighted by Crippen LogP contribution is 2.28. The first kappa shape index (κ1) is 18.7. The molecule has 1 saturated carbocycles. The molecule has 1 saturated heterocycles. The third-order valence-corrected chi connectivity index (χ3v) is 6.42. The number of nitrogens with zero attached hydrogens (tertiary/aromatic N) is 1. The van der Waals surface area contributed by atoms with Crippen LogP contribution in [0.1, 0.15) is 38.5 Å². The molecule has 1 heterocycles. The molecule has 1 aromatic rings. The van der Waals surface area contributed by atoms with Gasteiger partial charge in [0.2, 0.25) is 0 Å². The SMILES string of the molecule is COc1ccc(Cl)cc1NC(=S)N1CCC([NH+](C)C2CCCC2)CC1. The number of ether oxygens (including phenoxy) is 1. The van der Waals surface area contributed by atoms with E-state index >= 15 is 0 Å². The van der Waals surface area contributed by atoms with Crippen LogP contribution >= 0.6 is 23.8 Å². The lowest BCUT2D eigenvalue weighted by atomic mass is 10.0. The zero-order chi connectivity index (χ0) is 17.8. The third kappa shape index (κ3) is 4.57. The second-order valence-electron chi connectivity index (χ2n) is 7.26. The maximum Gasteiger partial charge on any atom is 0.173 e. The second-order valence-corrected chi connectivity index (χ2v) is 8.08. The van der Waals surface area contributed by atoms with Gasteiger partial charge < -0.3 is 19.9 Å². The van der Waals surface area contributed by atoms with Crippen LogP contribution in [-0.2, 0) is 0 Å². The molecule has 1 atom stereocenters. The van der Waals surface area contributed by atoms with Gasteiger partial charge in [0.25, 0.3) is 0 Å². The summed E-state index contributed by atoms with van der Waals surface area (Å²) < 4.78 is 5.39. The molecule has 2 aliphatic rings. The molecule has 0 amide bonds. The van der Waals surface area contributed by atoms with Gasteiger partial charge in [-0.3, -0.25) is 0 Å². The van der Waals surface area contributed by atoms with Crippen molar-refractivity contribution >= 4 is 34.6 Å².